The van der Waals surface area contributed by atoms with E-state index in [-0.39, 0.29) is 17.2 Å². The molecule has 3 N–H and O–H groups in total. The number of aliphatic hydroxyl groups excluding tert-OH is 2. The minimum atomic E-state index is -0.529. The summed E-state index contributed by atoms with van der Waals surface area (Å²) in [7, 11) is 0. The minimum Gasteiger partial charge on any atom is -0.490 e. The first-order valence-electron chi connectivity index (χ1n) is 8.53. The van der Waals surface area contributed by atoms with Crippen molar-refractivity contribution in [2.75, 3.05) is 13.2 Å². The zero-order chi connectivity index (χ0) is 17.3. The first-order chi connectivity index (χ1) is 10.6. The molecule has 0 radical (unpaired) electrons. The van der Waals surface area contributed by atoms with Crippen molar-refractivity contribution in [3.8, 4) is 5.75 Å². The van der Waals surface area contributed by atoms with Crippen LogP contribution in [0.25, 0.3) is 0 Å². The van der Waals surface area contributed by atoms with Gasteiger partial charge in [0.05, 0.1) is 17.2 Å². The zero-order valence-corrected chi connectivity index (χ0v) is 15.1. The monoisotopic (exact) mass is 322 g/mol. The van der Waals surface area contributed by atoms with E-state index in [9.17, 15) is 10.2 Å². The normalized spacial score (nSPS) is 27.4. The van der Waals surface area contributed by atoms with Gasteiger partial charge in [0.2, 0.25) is 0 Å². The smallest absolute Gasteiger partial charge is 0.137 e. The van der Waals surface area contributed by atoms with E-state index in [1.807, 2.05) is 31.2 Å². The summed E-state index contributed by atoms with van der Waals surface area (Å²) in [5.41, 5.74) is 0.948. The van der Waals surface area contributed by atoms with Gasteiger partial charge < -0.3 is 19.8 Å². The topological polar surface area (TPSA) is 54.1 Å². The van der Waals surface area contributed by atoms with Gasteiger partial charge in [0, 0.05) is 12.8 Å². The third kappa shape index (κ3) is 4.46. The Morgan fingerprint density at radius 1 is 1.17 bits per heavy atom. The molecule has 130 valence electrons. The lowest BCUT2D eigenvalue weighted by molar-refractivity contribution is -1.00. The summed E-state index contributed by atoms with van der Waals surface area (Å²) < 4.78 is 5.78. The van der Waals surface area contributed by atoms with Crippen molar-refractivity contribution in [2.24, 2.45) is 0 Å². The highest BCUT2D eigenvalue weighted by Gasteiger charge is 2.49. The first-order valence-corrected chi connectivity index (χ1v) is 8.53. The molecule has 0 amide bonds. The summed E-state index contributed by atoms with van der Waals surface area (Å²) in [5, 5.41) is 20.6. The number of para-hydroxylation sites is 1. The third-order valence-corrected chi connectivity index (χ3v) is 5.09. The number of hydrogen-bond donors (Lipinski definition) is 3. The molecule has 1 atom stereocenters. The Balaban J connectivity index is 1.98. The maximum atomic E-state index is 10.5. The first kappa shape index (κ1) is 18.2. The Morgan fingerprint density at radius 2 is 1.74 bits per heavy atom. The van der Waals surface area contributed by atoms with Crippen LogP contribution in [0, 0.1) is 6.92 Å². The number of piperidine rings is 1. The quantitative estimate of drug-likeness (QED) is 0.767. The molecule has 1 saturated heterocycles. The molecule has 1 aromatic carbocycles. The van der Waals surface area contributed by atoms with Crippen LogP contribution in [0.3, 0.4) is 0 Å². The van der Waals surface area contributed by atoms with Gasteiger partial charge in [-0.1, -0.05) is 18.2 Å². The zero-order valence-electron chi connectivity index (χ0n) is 15.1. The van der Waals surface area contributed by atoms with E-state index in [2.05, 4.69) is 27.7 Å². The van der Waals surface area contributed by atoms with Gasteiger partial charge in [-0.05, 0) is 46.2 Å². The molecule has 23 heavy (non-hydrogen) atoms. The molecule has 1 aliphatic rings. The molecule has 1 aromatic rings. The van der Waals surface area contributed by atoms with Gasteiger partial charge in [0.25, 0.3) is 0 Å². The van der Waals surface area contributed by atoms with Crippen molar-refractivity contribution in [3.05, 3.63) is 29.8 Å². The van der Waals surface area contributed by atoms with E-state index in [0.29, 0.717) is 13.2 Å². The Morgan fingerprint density at radius 3 is 2.30 bits per heavy atom. The molecule has 1 heterocycles. The average molecular weight is 322 g/mol. The Kier molecular flexibility index (Phi) is 5.39. The lowest BCUT2D eigenvalue weighted by Crippen LogP contribution is -3.27. The highest BCUT2D eigenvalue weighted by Crippen LogP contribution is 2.24. The lowest BCUT2D eigenvalue weighted by Gasteiger charge is -2.51. The SMILES string of the molecule is Cc1ccccc1OC[C@@H](O)C[NH+]1C(C)(C)CC(O)CC1(C)C. The summed E-state index contributed by atoms with van der Waals surface area (Å²) in [5.74, 6) is 0.828. The molecule has 4 nitrogen and oxygen atoms in total. The summed E-state index contributed by atoms with van der Waals surface area (Å²) >= 11 is 0. The average Bonchev–Trinajstić information content (AvgIpc) is 2.41. The second-order valence-corrected chi connectivity index (χ2v) is 8.24. The van der Waals surface area contributed by atoms with Crippen molar-refractivity contribution >= 4 is 0 Å². The molecule has 1 aliphatic heterocycles. The number of ether oxygens (including phenoxy) is 1. The fourth-order valence-electron chi connectivity index (χ4n) is 4.16. The summed E-state index contributed by atoms with van der Waals surface area (Å²) in [6, 6.07) is 7.86. The Hall–Kier alpha value is -1.10. The molecule has 0 aliphatic carbocycles. The van der Waals surface area contributed by atoms with E-state index in [1.54, 1.807) is 0 Å². The maximum Gasteiger partial charge on any atom is 0.137 e. The van der Waals surface area contributed by atoms with Crippen LogP contribution < -0.4 is 9.64 Å². The van der Waals surface area contributed by atoms with Crippen LogP contribution in [0.1, 0.15) is 46.1 Å². The number of quaternary nitrogens is 1. The molecule has 1 fully saturated rings. The number of rotatable bonds is 5. The van der Waals surface area contributed by atoms with Gasteiger partial charge in [-0.15, -0.1) is 0 Å². The largest absolute Gasteiger partial charge is 0.490 e. The number of aliphatic hydroxyl groups is 2. The van der Waals surface area contributed by atoms with Crippen molar-refractivity contribution in [2.45, 2.75) is 70.7 Å². The van der Waals surface area contributed by atoms with Crippen LogP contribution in [0.5, 0.6) is 5.75 Å². The molecule has 0 bridgehead atoms. The number of benzene rings is 1. The Labute approximate surface area is 140 Å². The molecule has 0 saturated carbocycles. The highest BCUT2D eigenvalue weighted by molar-refractivity contribution is 5.31. The van der Waals surface area contributed by atoms with Gasteiger partial charge in [-0.3, -0.25) is 0 Å². The van der Waals surface area contributed by atoms with Crippen LogP contribution in [0.4, 0.5) is 0 Å². The third-order valence-electron chi connectivity index (χ3n) is 5.09. The number of aryl methyl sites for hydroxylation is 1. The molecule has 0 unspecified atom stereocenters. The maximum absolute atomic E-state index is 10.5. The summed E-state index contributed by atoms with van der Waals surface area (Å²) in [4.78, 5) is 1.33. The van der Waals surface area contributed by atoms with Crippen molar-refractivity contribution in [3.63, 3.8) is 0 Å². The molecule has 2 rings (SSSR count). The van der Waals surface area contributed by atoms with Crippen LogP contribution >= 0.6 is 0 Å². The number of hydrogen-bond acceptors (Lipinski definition) is 3. The van der Waals surface area contributed by atoms with E-state index >= 15 is 0 Å². The molecular weight excluding hydrogens is 290 g/mol. The number of nitrogens with one attached hydrogen (secondary N) is 1. The van der Waals surface area contributed by atoms with Gasteiger partial charge in [-0.25, -0.2) is 0 Å². The molecule has 0 spiro atoms. The standard InChI is InChI=1S/C19H31NO3/c1-14-8-6-7-9-17(14)23-13-16(22)12-20-18(2,3)10-15(21)11-19(20,4)5/h6-9,15-16,21-22H,10-13H2,1-5H3/p+1/t16-/m0/s1. The lowest BCUT2D eigenvalue weighted by atomic mass is 9.78. The number of likely N-dealkylation sites (tertiary alicyclic amines) is 1. The van der Waals surface area contributed by atoms with Crippen LogP contribution in [-0.2, 0) is 0 Å². The van der Waals surface area contributed by atoms with Gasteiger partial charge >= 0.3 is 0 Å². The van der Waals surface area contributed by atoms with E-state index < -0.39 is 6.10 Å². The van der Waals surface area contributed by atoms with Crippen LogP contribution in [0.2, 0.25) is 0 Å². The predicted octanol–water partition coefficient (Wildman–Crippen LogP) is 1.33. The van der Waals surface area contributed by atoms with Crippen molar-refractivity contribution in [1.29, 1.82) is 0 Å². The van der Waals surface area contributed by atoms with Crippen LogP contribution in [0.15, 0.2) is 24.3 Å². The summed E-state index contributed by atoms with van der Waals surface area (Å²) in [6.07, 6.45) is 0.733. The predicted molar refractivity (Wildman–Crippen MR) is 91.9 cm³/mol. The van der Waals surface area contributed by atoms with E-state index in [4.69, 9.17) is 4.74 Å². The van der Waals surface area contributed by atoms with Crippen molar-refractivity contribution < 1.29 is 19.8 Å². The highest BCUT2D eigenvalue weighted by atomic mass is 16.5. The Bertz CT molecular complexity index is 509. The molecular formula is C19H32NO3+. The second-order valence-electron chi connectivity index (χ2n) is 8.24. The summed E-state index contributed by atoms with van der Waals surface area (Å²) in [6.45, 7) is 11.6. The fourth-order valence-corrected chi connectivity index (χ4v) is 4.16. The van der Waals surface area contributed by atoms with Gasteiger partial charge in [0.1, 0.15) is 25.0 Å². The van der Waals surface area contributed by atoms with E-state index in [1.165, 1.54) is 4.90 Å². The van der Waals surface area contributed by atoms with Crippen LogP contribution in [-0.4, -0.2) is 46.7 Å². The fraction of sp³-hybridized carbons (Fsp3) is 0.684. The van der Waals surface area contributed by atoms with Gasteiger partial charge in [0.15, 0.2) is 0 Å². The van der Waals surface area contributed by atoms with Gasteiger partial charge in [-0.2, -0.15) is 0 Å². The van der Waals surface area contributed by atoms with E-state index in [0.717, 1.165) is 24.2 Å². The molecule has 0 aromatic heterocycles. The van der Waals surface area contributed by atoms with Crippen molar-refractivity contribution in [1.82, 2.24) is 0 Å². The minimum absolute atomic E-state index is 0.0647. The molecule has 4 heteroatoms. The second kappa shape index (κ2) is 6.80.